The van der Waals surface area contributed by atoms with Crippen LogP contribution in [0.1, 0.15) is 188 Å². The molecule has 0 aromatic carbocycles. The van der Waals surface area contributed by atoms with Crippen LogP contribution in [-0.2, 0) is 4.74 Å². The number of ether oxygens (including phenoxy) is 1. The zero-order valence-electron chi connectivity index (χ0n) is 31.1. The molecule has 1 aliphatic rings. The van der Waals surface area contributed by atoms with E-state index in [1.807, 2.05) is 0 Å². The van der Waals surface area contributed by atoms with E-state index in [0.717, 1.165) is 25.8 Å². The number of hydrogen-bond donors (Lipinski definition) is 1. The van der Waals surface area contributed by atoms with Crippen LogP contribution in [0.3, 0.4) is 0 Å². The Bertz CT molecular complexity index is 716. The maximum absolute atomic E-state index is 6.66. The van der Waals surface area contributed by atoms with Gasteiger partial charge in [0, 0.05) is 6.54 Å². The minimum Gasteiger partial charge on any atom is -0.467 e. The van der Waals surface area contributed by atoms with Gasteiger partial charge in [0.05, 0.1) is 0 Å². The largest absolute Gasteiger partial charge is 0.467 e. The Morgan fingerprint density at radius 3 is 1.52 bits per heavy atom. The Balaban J connectivity index is 2.69. The fourth-order valence-electron chi connectivity index (χ4n) is 6.60. The van der Waals surface area contributed by atoms with Crippen molar-refractivity contribution in [3.05, 3.63) is 36.5 Å². The second-order valence-corrected chi connectivity index (χ2v) is 14.3. The molecule has 0 spiro atoms. The predicted octanol–water partition coefficient (Wildman–Crippen LogP) is 13.0. The maximum Gasteiger partial charge on any atom is 0.256 e. The summed E-state index contributed by atoms with van der Waals surface area (Å²) in [6, 6.07) is 0. The van der Waals surface area contributed by atoms with E-state index in [4.69, 9.17) is 17.0 Å². The van der Waals surface area contributed by atoms with E-state index in [2.05, 4.69) is 67.4 Å². The summed E-state index contributed by atoms with van der Waals surface area (Å²) in [5.74, 6) is 0.564. The van der Waals surface area contributed by atoms with Crippen molar-refractivity contribution in [1.29, 1.82) is 0 Å². The van der Waals surface area contributed by atoms with E-state index in [9.17, 15) is 0 Å². The van der Waals surface area contributed by atoms with Crippen molar-refractivity contribution in [3.63, 3.8) is 0 Å². The topological polar surface area (TPSA) is 24.5 Å². The molecule has 0 saturated carbocycles. The summed E-state index contributed by atoms with van der Waals surface area (Å²) in [4.78, 5) is 2.64. The molecule has 1 aliphatic heterocycles. The second-order valence-electron chi connectivity index (χ2n) is 13.9. The summed E-state index contributed by atoms with van der Waals surface area (Å²) in [5.41, 5.74) is 0. The molecule has 1 N–H and O–H groups in total. The molecule has 1 rings (SSSR count). The number of nitrogens with one attached hydrogen (secondary N) is 1. The number of rotatable bonds is 31. The van der Waals surface area contributed by atoms with Crippen LogP contribution in [0.2, 0.25) is 0 Å². The second kappa shape index (κ2) is 33.8. The smallest absolute Gasteiger partial charge is 0.256 e. The molecule has 1 saturated heterocycles. The number of likely N-dealkylation sites (tertiary alicyclic amines) is 1. The third-order valence-corrected chi connectivity index (χ3v) is 9.82. The molecule has 0 bridgehead atoms. The maximum atomic E-state index is 6.66. The lowest BCUT2D eigenvalue weighted by Gasteiger charge is -2.29. The highest BCUT2D eigenvalue weighted by molar-refractivity contribution is 7.80. The lowest BCUT2D eigenvalue weighted by atomic mass is 9.87. The quantitative estimate of drug-likeness (QED) is 0.0455. The molecule has 1 unspecified atom stereocenters. The van der Waals surface area contributed by atoms with Gasteiger partial charge in [-0.2, -0.15) is 0 Å². The Kier molecular flexibility index (Phi) is 31.5. The van der Waals surface area contributed by atoms with Crippen molar-refractivity contribution in [2.24, 2.45) is 5.92 Å². The zero-order chi connectivity index (χ0) is 33.2. The third-order valence-electron chi connectivity index (χ3n) is 9.58. The SMILES string of the molecule is CCCCC/C=C\CCCC(CCC/C=C\CCCCC)C(CCC/C=C\CCCCC)OC(=S)NCCCCN1CCCCC1. The monoisotopic (exact) mass is 659 g/mol. The van der Waals surface area contributed by atoms with Crippen LogP contribution >= 0.6 is 12.2 Å². The van der Waals surface area contributed by atoms with Crippen LogP contribution in [0, 0.1) is 5.92 Å². The first kappa shape index (κ1) is 42.9. The molecule has 0 radical (unpaired) electrons. The molecule has 3 nitrogen and oxygen atoms in total. The van der Waals surface area contributed by atoms with Crippen LogP contribution in [0.25, 0.3) is 0 Å². The van der Waals surface area contributed by atoms with Crippen molar-refractivity contribution < 1.29 is 4.74 Å². The highest BCUT2D eigenvalue weighted by atomic mass is 32.1. The molecule has 268 valence electrons. The molecule has 0 aliphatic carbocycles. The minimum atomic E-state index is 0.212. The van der Waals surface area contributed by atoms with E-state index in [1.54, 1.807) is 0 Å². The van der Waals surface area contributed by atoms with E-state index in [0.29, 0.717) is 11.1 Å². The number of thiocarbonyl (C=S) groups is 1. The first-order chi connectivity index (χ1) is 22.7. The average molecular weight is 659 g/mol. The Morgan fingerprint density at radius 1 is 0.587 bits per heavy atom. The molecule has 0 aromatic heterocycles. The summed E-state index contributed by atoms with van der Waals surface area (Å²) in [6.07, 6.45) is 47.6. The predicted molar refractivity (Wildman–Crippen MR) is 210 cm³/mol. The lowest BCUT2D eigenvalue weighted by molar-refractivity contribution is 0.0956. The van der Waals surface area contributed by atoms with E-state index in [-0.39, 0.29) is 6.10 Å². The van der Waals surface area contributed by atoms with Gasteiger partial charge in [0.25, 0.3) is 5.17 Å². The number of allylic oxidation sites excluding steroid dienone is 6. The van der Waals surface area contributed by atoms with Gasteiger partial charge in [-0.25, -0.2) is 0 Å². The van der Waals surface area contributed by atoms with Crippen molar-refractivity contribution >= 4 is 17.4 Å². The van der Waals surface area contributed by atoms with Crippen LogP contribution < -0.4 is 5.32 Å². The standard InChI is InChI=1S/C42H78N2OS/c1-4-7-10-13-16-19-22-26-33-40(34-27-23-20-17-14-11-8-5-2)41(35-28-24-21-18-15-12-9-6-3)45-42(46)43-36-29-32-39-44-37-30-25-31-38-44/h16-21,40-41H,4-15,22-39H2,1-3H3,(H,43,46)/b19-16-,20-17-,21-18-. The van der Waals surface area contributed by atoms with Crippen molar-refractivity contribution in [3.8, 4) is 0 Å². The summed E-state index contributed by atoms with van der Waals surface area (Å²) in [5, 5.41) is 4.13. The first-order valence-electron chi connectivity index (χ1n) is 20.3. The van der Waals surface area contributed by atoms with Gasteiger partial charge in [0.15, 0.2) is 0 Å². The number of piperidine rings is 1. The highest BCUT2D eigenvalue weighted by Gasteiger charge is 2.23. The van der Waals surface area contributed by atoms with Gasteiger partial charge in [-0.3, -0.25) is 0 Å². The number of nitrogens with zero attached hydrogens (tertiary/aromatic N) is 1. The van der Waals surface area contributed by atoms with Crippen LogP contribution in [-0.4, -0.2) is 42.4 Å². The molecule has 46 heavy (non-hydrogen) atoms. The van der Waals surface area contributed by atoms with Gasteiger partial charge >= 0.3 is 0 Å². The molecule has 0 aromatic rings. The minimum absolute atomic E-state index is 0.212. The molecule has 4 heteroatoms. The highest BCUT2D eigenvalue weighted by Crippen LogP contribution is 2.27. The fraction of sp³-hybridized carbons (Fsp3) is 0.833. The summed E-state index contributed by atoms with van der Waals surface area (Å²) >= 11 is 5.81. The van der Waals surface area contributed by atoms with Crippen LogP contribution in [0.4, 0.5) is 0 Å². The fourth-order valence-corrected chi connectivity index (χ4v) is 6.82. The van der Waals surface area contributed by atoms with E-state index < -0.39 is 0 Å². The van der Waals surface area contributed by atoms with Crippen molar-refractivity contribution in [1.82, 2.24) is 10.2 Å². The number of unbranched alkanes of at least 4 members (excludes halogenated alkanes) is 13. The van der Waals surface area contributed by atoms with Crippen molar-refractivity contribution in [2.45, 2.75) is 194 Å². The van der Waals surface area contributed by atoms with Gasteiger partial charge in [0.2, 0.25) is 0 Å². The van der Waals surface area contributed by atoms with Crippen LogP contribution in [0.5, 0.6) is 0 Å². The number of hydrogen-bond acceptors (Lipinski definition) is 3. The van der Waals surface area contributed by atoms with Gasteiger partial charge in [-0.05, 0) is 160 Å². The van der Waals surface area contributed by atoms with Gasteiger partial charge in [-0.15, -0.1) is 0 Å². The lowest BCUT2D eigenvalue weighted by Crippen LogP contribution is -2.34. The van der Waals surface area contributed by atoms with Gasteiger partial charge < -0.3 is 15.0 Å². The molecule has 1 heterocycles. The van der Waals surface area contributed by atoms with E-state index >= 15 is 0 Å². The van der Waals surface area contributed by atoms with Crippen molar-refractivity contribution in [2.75, 3.05) is 26.2 Å². The van der Waals surface area contributed by atoms with Crippen LogP contribution in [0.15, 0.2) is 36.5 Å². The Labute approximate surface area is 293 Å². The van der Waals surface area contributed by atoms with Gasteiger partial charge in [0.1, 0.15) is 6.10 Å². The van der Waals surface area contributed by atoms with Gasteiger partial charge in [-0.1, -0.05) is 102 Å². The summed E-state index contributed by atoms with van der Waals surface area (Å²) < 4.78 is 6.66. The summed E-state index contributed by atoms with van der Waals surface area (Å²) in [6.45, 7) is 11.6. The molecule has 0 amide bonds. The molecular formula is C42H78N2OS. The normalized spacial score (nSPS) is 15.1. The first-order valence-corrected chi connectivity index (χ1v) is 20.7. The Morgan fingerprint density at radius 2 is 1.04 bits per heavy atom. The molecule has 1 fully saturated rings. The molecule has 1 atom stereocenters. The average Bonchev–Trinajstić information content (AvgIpc) is 3.07. The third kappa shape index (κ3) is 26.9. The molecular weight excluding hydrogens is 581 g/mol. The zero-order valence-corrected chi connectivity index (χ0v) is 31.9. The van der Waals surface area contributed by atoms with E-state index in [1.165, 1.54) is 167 Å². The summed E-state index contributed by atoms with van der Waals surface area (Å²) in [7, 11) is 0. The Hall–Kier alpha value is -1.13.